The van der Waals surface area contributed by atoms with Crippen LogP contribution in [0.3, 0.4) is 0 Å². The summed E-state index contributed by atoms with van der Waals surface area (Å²) in [6, 6.07) is 8.32. The van der Waals surface area contributed by atoms with Gasteiger partial charge in [0.1, 0.15) is 5.75 Å². The second-order valence-corrected chi connectivity index (χ2v) is 4.07. The van der Waals surface area contributed by atoms with Crippen LogP contribution in [0.1, 0.15) is 24.3 Å². The van der Waals surface area contributed by atoms with Crippen LogP contribution in [0.4, 0.5) is 0 Å². The van der Waals surface area contributed by atoms with Gasteiger partial charge in [-0.05, 0) is 26.0 Å². The average Bonchev–Trinajstić information content (AvgIpc) is 2.90. The summed E-state index contributed by atoms with van der Waals surface area (Å²) >= 11 is 0. The first-order chi connectivity index (χ1) is 9.17. The largest absolute Gasteiger partial charge is 0.507 e. The van der Waals surface area contributed by atoms with E-state index >= 15 is 0 Å². The topological polar surface area (TPSA) is 66.6 Å². The normalized spacial score (nSPS) is 10.4. The summed E-state index contributed by atoms with van der Waals surface area (Å²) in [5, 5.41) is 13.5. The maximum absolute atomic E-state index is 12.1. The molecule has 100 valence electrons. The van der Waals surface area contributed by atoms with Gasteiger partial charge < -0.3 is 14.5 Å². The van der Waals surface area contributed by atoms with Gasteiger partial charge >= 0.3 is 0 Å². The van der Waals surface area contributed by atoms with Crippen LogP contribution in [0.25, 0.3) is 11.3 Å². The van der Waals surface area contributed by atoms with Crippen molar-refractivity contribution >= 4 is 5.91 Å². The first-order valence-corrected chi connectivity index (χ1v) is 6.21. The number of aromatic hydroxyl groups is 1. The van der Waals surface area contributed by atoms with Gasteiger partial charge in [-0.1, -0.05) is 17.3 Å². The van der Waals surface area contributed by atoms with Crippen LogP contribution in [0.2, 0.25) is 0 Å². The molecule has 1 aromatic heterocycles. The van der Waals surface area contributed by atoms with Crippen molar-refractivity contribution in [2.75, 3.05) is 13.1 Å². The molecular weight excluding hydrogens is 244 g/mol. The van der Waals surface area contributed by atoms with Gasteiger partial charge in [0.2, 0.25) is 0 Å². The number of carbonyl (C=O) groups is 1. The van der Waals surface area contributed by atoms with Gasteiger partial charge in [0.15, 0.2) is 11.5 Å². The fraction of sp³-hybridized carbons (Fsp3) is 0.286. The van der Waals surface area contributed by atoms with Crippen LogP contribution in [0.5, 0.6) is 5.75 Å². The molecular formula is C14H16N2O3. The number of aromatic nitrogens is 1. The summed E-state index contributed by atoms with van der Waals surface area (Å²) < 4.78 is 5.13. The maximum Gasteiger partial charge on any atom is 0.276 e. The zero-order chi connectivity index (χ0) is 13.8. The predicted molar refractivity (Wildman–Crippen MR) is 70.9 cm³/mol. The Balaban J connectivity index is 2.29. The lowest BCUT2D eigenvalue weighted by Gasteiger charge is -2.16. The molecule has 0 fully saturated rings. The van der Waals surface area contributed by atoms with E-state index in [1.165, 1.54) is 0 Å². The summed E-state index contributed by atoms with van der Waals surface area (Å²) in [6.07, 6.45) is 0. The fourth-order valence-electron chi connectivity index (χ4n) is 1.86. The van der Waals surface area contributed by atoms with E-state index in [0.29, 0.717) is 24.4 Å². The first kappa shape index (κ1) is 13.1. The molecule has 0 aliphatic rings. The highest BCUT2D eigenvalue weighted by molar-refractivity contribution is 5.93. The van der Waals surface area contributed by atoms with Crippen LogP contribution in [-0.4, -0.2) is 34.2 Å². The number of phenols is 1. The van der Waals surface area contributed by atoms with Crippen molar-refractivity contribution in [3.8, 4) is 17.1 Å². The van der Waals surface area contributed by atoms with Crippen molar-refractivity contribution in [3.63, 3.8) is 0 Å². The minimum absolute atomic E-state index is 0.0977. The Labute approximate surface area is 111 Å². The maximum atomic E-state index is 12.1. The van der Waals surface area contributed by atoms with E-state index in [1.54, 1.807) is 35.2 Å². The van der Waals surface area contributed by atoms with Gasteiger partial charge in [-0.2, -0.15) is 0 Å². The summed E-state index contributed by atoms with van der Waals surface area (Å²) in [6.45, 7) is 5.05. The van der Waals surface area contributed by atoms with E-state index in [2.05, 4.69) is 5.16 Å². The first-order valence-electron chi connectivity index (χ1n) is 6.21. The molecule has 1 N–H and O–H groups in total. The highest BCUT2D eigenvalue weighted by Gasteiger charge is 2.19. The lowest BCUT2D eigenvalue weighted by Crippen LogP contribution is -2.30. The van der Waals surface area contributed by atoms with Crippen LogP contribution in [0, 0.1) is 0 Å². The van der Waals surface area contributed by atoms with E-state index < -0.39 is 0 Å². The molecule has 5 heteroatoms. The molecule has 0 aliphatic carbocycles. The van der Waals surface area contributed by atoms with Crippen LogP contribution in [0.15, 0.2) is 34.9 Å². The Kier molecular flexibility index (Phi) is 3.85. The summed E-state index contributed by atoms with van der Waals surface area (Å²) in [7, 11) is 0. The molecule has 0 aliphatic heterocycles. The number of nitrogens with zero attached hydrogens (tertiary/aromatic N) is 2. The number of rotatable bonds is 4. The molecule has 0 saturated heterocycles. The van der Waals surface area contributed by atoms with Gasteiger partial charge in [-0.3, -0.25) is 4.79 Å². The number of amides is 1. The third kappa shape index (κ3) is 2.59. The molecule has 0 unspecified atom stereocenters. The summed E-state index contributed by atoms with van der Waals surface area (Å²) in [5.74, 6) is 0.310. The zero-order valence-corrected chi connectivity index (χ0v) is 11.0. The fourth-order valence-corrected chi connectivity index (χ4v) is 1.86. The van der Waals surface area contributed by atoms with E-state index in [9.17, 15) is 9.90 Å². The smallest absolute Gasteiger partial charge is 0.276 e. The van der Waals surface area contributed by atoms with Crippen molar-refractivity contribution in [2.24, 2.45) is 0 Å². The molecule has 0 radical (unpaired) electrons. The molecule has 1 amide bonds. The Morgan fingerprint density at radius 3 is 2.63 bits per heavy atom. The summed E-state index contributed by atoms with van der Waals surface area (Å²) in [4.78, 5) is 13.7. The predicted octanol–water partition coefficient (Wildman–Crippen LogP) is 2.53. The molecule has 19 heavy (non-hydrogen) atoms. The van der Waals surface area contributed by atoms with Gasteiger partial charge in [-0.25, -0.2) is 0 Å². The average molecular weight is 260 g/mol. The number of hydrogen-bond donors (Lipinski definition) is 1. The third-order valence-electron chi connectivity index (χ3n) is 2.95. The minimum atomic E-state index is -0.171. The van der Waals surface area contributed by atoms with Crippen molar-refractivity contribution in [1.82, 2.24) is 10.1 Å². The molecule has 2 rings (SSSR count). The SMILES string of the molecule is CCN(CC)C(=O)c1cc(-c2ccccc2O)on1. The second-order valence-electron chi connectivity index (χ2n) is 4.07. The number of hydrogen-bond acceptors (Lipinski definition) is 4. The number of carbonyl (C=O) groups excluding carboxylic acids is 1. The monoisotopic (exact) mass is 260 g/mol. The Morgan fingerprint density at radius 2 is 2.00 bits per heavy atom. The molecule has 5 nitrogen and oxygen atoms in total. The van der Waals surface area contributed by atoms with Crippen molar-refractivity contribution in [3.05, 3.63) is 36.0 Å². The molecule has 2 aromatic rings. The van der Waals surface area contributed by atoms with E-state index in [-0.39, 0.29) is 17.4 Å². The quantitative estimate of drug-likeness (QED) is 0.917. The van der Waals surface area contributed by atoms with Crippen molar-refractivity contribution in [2.45, 2.75) is 13.8 Å². The van der Waals surface area contributed by atoms with Crippen LogP contribution in [-0.2, 0) is 0 Å². The molecule has 0 bridgehead atoms. The molecule has 0 saturated carbocycles. The molecule has 1 aromatic carbocycles. The lowest BCUT2D eigenvalue weighted by atomic mass is 10.1. The van der Waals surface area contributed by atoms with Crippen molar-refractivity contribution < 1.29 is 14.4 Å². The minimum Gasteiger partial charge on any atom is -0.507 e. The molecule has 0 atom stereocenters. The lowest BCUT2D eigenvalue weighted by molar-refractivity contribution is 0.0762. The third-order valence-corrected chi connectivity index (χ3v) is 2.95. The highest BCUT2D eigenvalue weighted by atomic mass is 16.5. The van der Waals surface area contributed by atoms with Crippen LogP contribution < -0.4 is 0 Å². The standard InChI is InChI=1S/C14H16N2O3/c1-3-16(4-2)14(18)11-9-13(19-15-11)10-7-5-6-8-12(10)17/h5-9,17H,3-4H2,1-2H3. The number of benzene rings is 1. The zero-order valence-electron chi connectivity index (χ0n) is 11.0. The number of phenolic OH excluding ortho intramolecular Hbond substituents is 1. The molecule has 0 spiro atoms. The second kappa shape index (κ2) is 5.56. The van der Waals surface area contributed by atoms with Gasteiger partial charge in [0.25, 0.3) is 5.91 Å². The number of para-hydroxylation sites is 1. The summed E-state index contributed by atoms with van der Waals surface area (Å²) in [5.41, 5.74) is 0.774. The Morgan fingerprint density at radius 1 is 1.32 bits per heavy atom. The van der Waals surface area contributed by atoms with E-state index in [1.807, 2.05) is 13.8 Å². The molecule has 1 heterocycles. The van der Waals surface area contributed by atoms with Gasteiger partial charge in [-0.15, -0.1) is 0 Å². The van der Waals surface area contributed by atoms with E-state index in [0.717, 1.165) is 0 Å². The van der Waals surface area contributed by atoms with Crippen molar-refractivity contribution in [1.29, 1.82) is 0 Å². The Bertz CT molecular complexity index is 574. The van der Waals surface area contributed by atoms with Gasteiger partial charge in [0, 0.05) is 19.2 Å². The van der Waals surface area contributed by atoms with E-state index in [4.69, 9.17) is 4.52 Å². The highest BCUT2D eigenvalue weighted by Crippen LogP contribution is 2.29. The van der Waals surface area contributed by atoms with Crippen LogP contribution >= 0.6 is 0 Å². The Hall–Kier alpha value is -2.30. The van der Waals surface area contributed by atoms with Gasteiger partial charge in [0.05, 0.1) is 5.56 Å².